The van der Waals surface area contributed by atoms with Crippen LogP contribution >= 0.6 is 0 Å². The van der Waals surface area contributed by atoms with Crippen LogP contribution in [0.4, 0.5) is 0 Å². The third kappa shape index (κ3) is 3.65. The smallest absolute Gasteiger partial charge is 0.225 e. The van der Waals surface area contributed by atoms with Gasteiger partial charge in [-0.2, -0.15) is 0 Å². The van der Waals surface area contributed by atoms with Gasteiger partial charge in [0, 0.05) is 20.2 Å². The number of amides is 2. The van der Waals surface area contributed by atoms with Gasteiger partial charge in [-0.3, -0.25) is 9.59 Å². The van der Waals surface area contributed by atoms with E-state index >= 15 is 0 Å². The van der Waals surface area contributed by atoms with Crippen molar-refractivity contribution in [3.05, 3.63) is 65.2 Å². The molecule has 25 heavy (non-hydrogen) atoms. The predicted octanol–water partition coefficient (Wildman–Crippen LogP) is 3.51. The second-order valence-corrected chi connectivity index (χ2v) is 6.35. The van der Waals surface area contributed by atoms with Crippen LogP contribution in [0, 0.1) is 6.92 Å². The summed E-state index contributed by atoms with van der Waals surface area (Å²) < 4.78 is 5.54. The van der Waals surface area contributed by atoms with Gasteiger partial charge in [0.25, 0.3) is 0 Å². The second kappa shape index (κ2) is 6.97. The van der Waals surface area contributed by atoms with Crippen molar-refractivity contribution in [2.45, 2.75) is 32.9 Å². The Labute approximate surface area is 147 Å². The molecule has 130 valence electrons. The molecule has 1 aromatic carbocycles. The van der Waals surface area contributed by atoms with Gasteiger partial charge >= 0.3 is 0 Å². The van der Waals surface area contributed by atoms with Crippen LogP contribution in [0.1, 0.15) is 42.0 Å². The first-order valence-corrected chi connectivity index (χ1v) is 8.31. The summed E-state index contributed by atoms with van der Waals surface area (Å²) >= 11 is 0. The van der Waals surface area contributed by atoms with Gasteiger partial charge in [0.1, 0.15) is 11.5 Å². The molecule has 0 radical (unpaired) electrons. The van der Waals surface area contributed by atoms with E-state index in [1.54, 1.807) is 23.0 Å². The number of hydrogen-bond donors (Lipinski definition) is 0. The first-order chi connectivity index (χ1) is 12.0. The van der Waals surface area contributed by atoms with Crippen LogP contribution in [0.15, 0.2) is 47.0 Å². The van der Waals surface area contributed by atoms with Crippen molar-refractivity contribution in [1.82, 2.24) is 9.80 Å². The average molecular weight is 338 g/mol. The molecule has 1 aromatic heterocycles. The molecule has 5 nitrogen and oxygen atoms in total. The minimum absolute atomic E-state index is 0.0320. The predicted molar refractivity (Wildman–Crippen MR) is 95.3 cm³/mol. The third-order valence-corrected chi connectivity index (χ3v) is 4.45. The molecule has 1 aliphatic heterocycles. The Morgan fingerprint density at radius 1 is 1.20 bits per heavy atom. The van der Waals surface area contributed by atoms with E-state index in [0.717, 1.165) is 22.6 Å². The lowest BCUT2D eigenvalue weighted by Gasteiger charge is -2.33. The van der Waals surface area contributed by atoms with Gasteiger partial charge < -0.3 is 14.2 Å². The largest absolute Gasteiger partial charge is 0.464 e. The summed E-state index contributed by atoms with van der Waals surface area (Å²) in [6, 6.07) is 11.3. The quantitative estimate of drug-likeness (QED) is 0.857. The molecular formula is C20H22N2O3. The normalized spacial score (nSPS) is 15.8. The van der Waals surface area contributed by atoms with Crippen molar-refractivity contribution in [2.24, 2.45) is 0 Å². The fourth-order valence-electron chi connectivity index (χ4n) is 3.13. The Hall–Kier alpha value is -2.82. The highest BCUT2D eigenvalue weighted by Gasteiger charge is 2.29. The summed E-state index contributed by atoms with van der Waals surface area (Å²) in [5.41, 5.74) is 2.04. The average Bonchev–Trinajstić information content (AvgIpc) is 2.99. The number of benzene rings is 1. The molecule has 3 rings (SSSR count). The molecule has 0 saturated heterocycles. The van der Waals surface area contributed by atoms with E-state index in [4.69, 9.17) is 4.42 Å². The van der Waals surface area contributed by atoms with Gasteiger partial charge in [0.2, 0.25) is 11.8 Å². The number of fused-ring (bicyclic) bond motifs is 1. The van der Waals surface area contributed by atoms with Gasteiger partial charge in [-0.05, 0) is 36.3 Å². The van der Waals surface area contributed by atoms with Crippen molar-refractivity contribution in [3.63, 3.8) is 0 Å². The van der Waals surface area contributed by atoms with Crippen LogP contribution < -0.4 is 0 Å². The van der Waals surface area contributed by atoms with Crippen molar-refractivity contribution < 1.29 is 14.0 Å². The zero-order chi connectivity index (χ0) is 18.0. The van der Waals surface area contributed by atoms with Gasteiger partial charge in [-0.25, -0.2) is 0 Å². The molecule has 2 aromatic rings. The number of furan rings is 1. The third-order valence-electron chi connectivity index (χ3n) is 4.45. The zero-order valence-corrected chi connectivity index (χ0v) is 14.7. The Balaban J connectivity index is 1.77. The fraction of sp³-hybridized carbons (Fsp3) is 0.300. The SMILES string of the molecule is CC(=O)N1C=Cc2ccccc2C1CC(=O)N(C)Cc1ccc(C)o1. The lowest BCUT2D eigenvalue weighted by Crippen LogP contribution is -2.35. The fourth-order valence-corrected chi connectivity index (χ4v) is 3.13. The van der Waals surface area contributed by atoms with Crippen LogP contribution in [0.2, 0.25) is 0 Å². The molecule has 0 spiro atoms. The van der Waals surface area contributed by atoms with E-state index in [1.165, 1.54) is 6.92 Å². The van der Waals surface area contributed by atoms with Gasteiger partial charge in [-0.1, -0.05) is 24.3 Å². The highest BCUT2D eigenvalue weighted by Crippen LogP contribution is 2.33. The van der Waals surface area contributed by atoms with Gasteiger partial charge in [0.15, 0.2) is 0 Å². The van der Waals surface area contributed by atoms with Crippen molar-refractivity contribution in [1.29, 1.82) is 0 Å². The summed E-state index contributed by atoms with van der Waals surface area (Å²) in [5, 5.41) is 0. The van der Waals surface area contributed by atoms with E-state index in [-0.39, 0.29) is 24.3 Å². The number of nitrogens with zero attached hydrogens (tertiary/aromatic N) is 2. The Morgan fingerprint density at radius 2 is 1.96 bits per heavy atom. The van der Waals surface area contributed by atoms with Crippen LogP contribution in [-0.4, -0.2) is 28.7 Å². The maximum atomic E-state index is 12.7. The highest BCUT2D eigenvalue weighted by atomic mass is 16.3. The van der Waals surface area contributed by atoms with Crippen LogP contribution in [0.3, 0.4) is 0 Å². The number of aryl methyl sites for hydroxylation is 1. The van der Waals surface area contributed by atoms with E-state index in [2.05, 4.69) is 0 Å². The standard InChI is InChI=1S/C20H22N2O3/c1-14-8-9-17(25-14)13-21(3)20(24)12-19-18-7-5-4-6-16(18)10-11-22(19)15(2)23/h4-11,19H,12-13H2,1-3H3. The molecule has 5 heteroatoms. The molecule has 0 N–H and O–H groups in total. The summed E-state index contributed by atoms with van der Waals surface area (Å²) in [4.78, 5) is 28.0. The first kappa shape index (κ1) is 17.0. The van der Waals surface area contributed by atoms with Crippen molar-refractivity contribution in [3.8, 4) is 0 Å². The molecule has 2 amide bonds. The maximum Gasteiger partial charge on any atom is 0.225 e. The van der Waals surface area contributed by atoms with E-state index in [9.17, 15) is 9.59 Å². The molecule has 1 atom stereocenters. The van der Waals surface area contributed by atoms with Crippen molar-refractivity contribution >= 4 is 17.9 Å². The first-order valence-electron chi connectivity index (χ1n) is 8.31. The molecule has 0 bridgehead atoms. The number of hydrogen-bond acceptors (Lipinski definition) is 3. The molecule has 1 unspecified atom stereocenters. The van der Waals surface area contributed by atoms with Crippen molar-refractivity contribution in [2.75, 3.05) is 7.05 Å². The minimum atomic E-state index is -0.285. The summed E-state index contributed by atoms with van der Waals surface area (Å²) in [5.74, 6) is 1.47. The van der Waals surface area contributed by atoms with Crippen LogP contribution in [-0.2, 0) is 16.1 Å². The Bertz CT molecular complexity index is 822. The van der Waals surface area contributed by atoms with Crippen LogP contribution in [0.5, 0.6) is 0 Å². The van der Waals surface area contributed by atoms with E-state index in [0.29, 0.717) is 6.54 Å². The second-order valence-electron chi connectivity index (χ2n) is 6.35. The van der Waals surface area contributed by atoms with Crippen LogP contribution in [0.25, 0.3) is 6.08 Å². The number of carbonyl (C=O) groups excluding carboxylic acids is 2. The van der Waals surface area contributed by atoms with E-state index < -0.39 is 0 Å². The van der Waals surface area contributed by atoms with Gasteiger partial charge in [-0.15, -0.1) is 0 Å². The zero-order valence-electron chi connectivity index (χ0n) is 14.7. The number of rotatable bonds is 4. The number of carbonyl (C=O) groups is 2. The molecule has 0 fully saturated rings. The summed E-state index contributed by atoms with van der Waals surface area (Å²) in [6.07, 6.45) is 3.91. The van der Waals surface area contributed by atoms with Gasteiger partial charge in [0.05, 0.1) is 19.0 Å². The van der Waals surface area contributed by atoms with E-state index in [1.807, 2.05) is 49.4 Å². The minimum Gasteiger partial charge on any atom is -0.464 e. The Morgan fingerprint density at radius 3 is 2.64 bits per heavy atom. The molecular weight excluding hydrogens is 316 g/mol. The monoisotopic (exact) mass is 338 g/mol. The molecule has 0 saturated carbocycles. The lowest BCUT2D eigenvalue weighted by molar-refractivity contribution is -0.134. The molecule has 0 aliphatic carbocycles. The molecule has 1 aliphatic rings. The highest BCUT2D eigenvalue weighted by molar-refractivity contribution is 5.81. The summed E-state index contributed by atoms with van der Waals surface area (Å²) in [7, 11) is 1.75. The lowest BCUT2D eigenvalue weighted by atomic mass is 9.93. The maximum absolute atomic E-state index is 12.7. The Kier molecular flexibility index (Phi) is 4.74. The molecule has 2 heterocycles. The topological polar surface area (TPSA) is 53.8 Å². The summed E-state index contributed by atoms with van der Waals surface area (Å²) in [6.45, 7) is 3.81.